The van der Waals surface area contributed by atoms with E-state index in [1.54, 1.807) is 41.7 Å². The fraction of sp³-hybridized carbons (Fsp3) is 0.267. The average Bonchev–Trinajstić information content (AvgIpc) is 2.92. The highest BCUT2D eigenvalue weighted by Gasteiger charge is 2.30. The van der Waals surface area contributed by atoms with Crippen LogP contribution in [0.1, 0.15) is 29.7 Å². The second-order valence-electron chi connectivity index (χ2n) is 4.98. The molecule has 2 heterocycles. The monoisotopic (exact) mass is 319 g/mol. The maximum atomic E-state index is 5.68. The van der Waals surface area contributed by atoms with Crippen LogP contribution in [-0.2, 0) is 11.2 Å². The van der Waals surface area contributed by atoms with Crippen molar-refractivity contribution in [1.82, 2.24) is 4.37 Å². The van der Waals surface area contributed by atoms with Crippen LogP contribution in [0, 0.1) is 0 Å². The molecule has 1 aliphatic carbocycles. The molecule has 3 rings (SSSR count). The molecule has 1 unspecified atom stereocenters. The number of aromatic nitrogens is 1. The Labute approximate surface area is 132 Å². The third-order valence-corrected chi connectivity index (χ3v) is 5.48. The number of thioether (sulfide) groups is 1. The van der Waals surface area contributed by atoms with E-state index in [2.05, 4.69) is 17.4 Å². The van der Waals surface area contributed by atoms with Gasteiger partial charge in [-0.1, -0.05) is 11.8 Å². The Morgan fingerprint density at radius 1 is 1.43 bits per heavy atom. The van der Waals surface area contributed by atoms with Gasteiger partial charge in [-0.2, -0.15) is 0 Å². The summed E-state index contributed by atoms with van der Waals surface area (Å²) >= 11 is 3.27. The molecule has 1 atom stereocenters. The van der Waals surface area contributed by atoms with Crippen LogP contribution in [0.2, 0.25) is 0 Å². The zero-order valence-electron chi connectivity index (χ0n) is 11.7. The van der Waals surface area contributed by atoms with E-state index in [4.69, 9.17) is 16.2 Å². The Morgan fingerprint density at radius 2 is 2.29 bits per heavy atom. The second-order valence-corrected chi connectivity index (χ2v) is 7.03. The zero-order valence-corrected chi connectivity index (χ0v) is 13.3. The fourth-order valence-corrected chi connectivity index (χ4v) is 4.43. The molecule has 0 bridgehead atoms. The summed E-state index contributed by atoms with van der Waals surface area (Å²) in [4.78, 5) is 2.69. The van der Waals surface area contributed by atoms with Crippen molar-refractivity contribution in [1.29, 1.82) is 0 Å². The van der Waals surface area contributed by atoms with Gasteiger partial charge in [-0.3, -0.25) is 0 Å². The molecule has 4 nitrogen and oxygen atoms in total. The molecule has 0 radical (unpaired) electrons. The number of aryl methyl sites for hydroxylation is 1. The number of hydrogen-bond acceptors (Lipinski definition) is 6. The number of nitrogens with two attached hydrogens (primary N) is 2. The summed E-state index contributed by atoms with van der Waals surface area (Å²) in [6.07, 6.45) is 11.3. The van der Waals surface area contributed by atoms with Gasteiger partial charge in [0.1, 0.15) is 0 Å². The molecule has 0 aromatic carbocycles. The molecular weight excluding hydrogens is 302 g/mol. The van der Waals surface area contributed by atoms with Gasteiger partial charge < -0.3 is 16.2 Å². The highest BCUT2D eigenvalue weighted by molar-refractivity contribution is 8.06. The van der Waals surface area contributed by atoms with Gasteiger partial charge in [-0.15, -0.1) is 0 Å². The average molecular weight is 319 g/mol. The lowest BCUT2D eigenvalue weighted by atomic mass is 9.84. The van der Waals surface area contributed by atoms with E-state index in [-0.39, 0.29) is 5.82 Å². The number of hydrogen-bond donors (Lipinski definition) is 2. The van der Waals surface area contributed by atoms with Gasteiger partial charge in [0.05, 0.1) is 12.1 Å². The first kappa shape index (κ1) is 14.3. The molecule has 0 spiro atoms. The number of fused-ring (bicyclic) bond motifs is 3. The Bertz CT molecular complexity index is 666. The van der Waals surface area contributed by atoms with Crippen LogP contribution < -0.4 is 11.5 Å². The van der Waals surface area contributed by atoms with Crippen molar-refractivity contribution < 1.29 is 4.74 Å². The van der Waals surface area contributed by atoms with Crippen molar-refractivity contribution >= 4 is 23.3 Å². The van der Waals surface area contributed by atoms with E-state index in [0.717, 1.165) is 17.9 Å². The zero-order chi connectivity index (χ0) is 14.8. The first-order valence-corrected chi connectivity index (χ1v) is 8.31. The van der Waals surface area contributed by atoms with E-state index >= 15 is 0 Å². The topological polar surface area (TPSA) is 74.2 Å². The molecule has 0 saturated heterocycles. The normalized spacial score (nSPS) is 20.8. The van der Waals surface area contributed by atoms with Gasteiger partial charge in [0, 0.05) is 17.0 Å². The van der Waals surface area contributed by atoms with Crippen molar-refractivity contribution in [2.45, 2.75) is 25.7 Å². The lowest BCUT2D eigenvalue weighted by Crippen LogP contribution is -2.12. The van der Waals surface area contributed by atoms with Crippen LogP contribution in [0.3, 0.4) is 0 Å². The van der Waals surface area contributed by atoms with E-state index in [1.807, 2.05) is 6.20 Å². The molecule has 21 heavy (non-hydrogen) atoms. The minimum Gasteiger partial charge on any atom is -0.458 e. The Hall–Kier alpha value is -1.66. The van der Waals surface area contributed by atoms with Gasteiger partial charge in [-0.25, -0.2) is 4.37 Å². The van der Waals surface area contributed by atoms with Crippen LogP contribution >= 0.6 is 23.3 Å². The minimum atomic E-state index is 0.264. The molecule has 0 saturated carbocycles. The highest BCUT2D eigenvalue weighted by Crippen LogP contribution is 2.48. The summed E-state index contributed by atoms with van der Waals surface area (Å²) in [5.74, 6) is 0.584. The predicted octanol–water partition coefficient (Wildman–Crippen LogP) is 3.32. The summed E-state index contributed by atoms with van der Waals surface area (Å²) in [7, 11) is 0. The molecule has 1 aliphatic heterocycles. The highest BCUT2D eigenvalue weighted by atomic mass is 32.2. The molecule has 0 fully saturated rings. The smallest absolute Gasteiger partial charge is 0.161 e. The lowest BCUT2D eigenvalue weighted by molar-refractivity contribution is 0.385. The lowest BCUT2D eigenvalue weighted by Gasteiger charge is -2.28. The Morgan fingerprint density at radius 3 is 3.10 bits per heavy atom. The standard InChI is InChI=1S/C15H17N3OS2/c1-9-11-5-4-10-8-18-21-15(10)12(11)7-14(20-9)19-6-2-3-13(16)17/h2-3,6-8,12H,4-5,16-17H2,1H3/b6-2+. The van der Waals surface area contributed by atoms with E-state index < -0.39 is 0 Å². The van der Waals surface area contributed by atoms with Gasteiger partial charge in [0.15, 0.2) is 5.09 Å². The SMILES string of the molecule is CC1=C2CCc3cnsc3C2C=C(O/C=C/C=C(N)N)S1. The predicted molar refractivity (Wildman–Crippen MR) is 88.2 cm³/mol. The number of allylic oxidation sites excluding steroid dienone is 5. The summed E-state index contributed by atoms with van der Waals surface area (Å²) in [5.41, 5.74) is 13.6. The third kappa shape index (κ3) is 3.01. The van der Waals surface area contributed by atoms with Crippen LogP contribution in [0.4, 0.5) is 0 Å². The van der Waals surface area contributed by atoms with E-state index in [9.17, 15) is 0 Å². The van der Waals surface area contributed by atoms with Crippen molar-refractivity contribution in [2.24, 2.45) is 11.5 Å². The largest absolute Gasteiger partial charge is 0.458 e. The summed E-state index contributed by atoms with van der Waals surface area (Å²) in [6.45, 7) is 2.16. The molecule has 110 valence electrons. The molecule has 2 aliphatic rings. The van der Waals surface area contributed by atoms with Gasteiger partial charge in [0.2, 0.25) is 0 Å². The van der Waals surface area contributed by atoms with Crippen molar-refractivity contribution in [3.05, 3.63) is 62.5 Å². The third-order valence-electron chi connectivity index (χ3n) is 3.56. The van der Waals surface area contributed by atoms with Crippen LogP contribution in [0.15, 0.2) is 52.1 Å². The van der Waals surface area contributed by atoms with Crippen molar-refractivity contribution in [2.75, 3.05) is 0 Å². The summed E-state index contributed by atoms with van der Waals surface area (Å²) < 4.78 is 10.0. The van der Waals surface area contributed by atoms with Crippen LogP contribution in [0.5, 0.6) is 0 Å². The molecule has 1 aromatic rings. The Balaban J connectivity index is 1.81. The summed E-state index contributed by atoms with van der Waals surface area (Å²) in [5, 5.41) is 0.891. The second kappa shape index (κ2) is 5.99. The van der Waals surface area contributed by atoms with Crippen LogP contribution in [0.25, 0.3) is 0 Å². The van der Waals surface area contributed by atoms with Gasteiger partial charge >= 0.3 is 0 Å². The van der Waals surface area contributed by atoms with Gasteiger partial charge in [-0.05, 0) is 65.6 Å². The maximum Gasteiger partial charge on any atom is 0.161 e. The maximum absolute atomic E-state index is 5.68. The van der Waals surface area contributed by atoms with Crippen molar-refractivity contribution in [3.8, 4) is 0 Å². The molecular formula is C15H17N3OS2. The first-order valence-electron chi connectivity index (χ1n) is 6.72. The summed E-state index contributed by atoms with van der Waals surface area (Å²) in [6, 6.07) is 0. The molecule has 6 heteroatoms. The fourth-order valence-electron chi connectivity index (χ4n) is 2.57. The molecule has 1 aromatic heterocycles. The van der Waals surface area contributed by atoms with Gasteiger partial charge in [0.25, 0.3) is 0 Å². The molecule has 4 N–H and O–H groups in total. The quantitative estimate of drug-likeness (QED) is 0.660. The Kier molecular flexibility index (Phi) is 4.07. The minimum absolute atomic E-state index is 0.264. The van der Waals surface area contributed by atoms with E-state index in [1.165, 1.54) is 20.9 Å². The van der Waals surface area contributed by atoms with Crippen molar-refractivity contribution in [3.63, 3.8) is 0 Å². The van der Waals surface area contributed by atoms with Crippen LogP contribution in [-0.4, -0.2) is 4.37 Å². The molecule has 0 amide bonds. The number of rotatable bonds is 3. The van der Waals surface area contributed by atoms with E-state index in [0.29, 0.717) is 5.92 Å². The first-order chi connectivity index (χ1) is 10.1. The number of nitrogens with zero attached hydrogens (tertiary/aromatic N) is 1. The number of ether oxygens (including phenoxy) is 1.